The number of ether oxygens (including phenoxy) is 3. The van der Waals surface area contributed by atoms with Crippen molar-refractivity contribution in [2.45, 2.75) is 12.8 Å². The topological polar surface area (TPSA) is 44.8 Å². The van der Waals surface area contributed by atoms with Crippen LogP contribution in [0.2, 0.25) is 0 Å². The first-order valence-corrected chi connectivity index (χ1v) is 4.38. The number of methoxy groups -OCH3 is 2. The molecular formula is C9H18O4. The van der Waals surface area contributed by atoms with E-state index in [-0.39, 0.29) is 12.4 Å². The van der Waals surface area contributed by atoms with Crippen LogP contribution in [0.15, 0.2) is 0 Å². The van der Waals surface area contributed by atoms with Crippen LogP contribution in [-0.2, 0) is 19.0 Å². The summed E-state index contributed by atoms with van der Waals surface area (Å²) in [6, 6.07) is 0. The summed E-state index contributed by atoms with van der Waals surface area (Å²) in [5, 5.41) is 0. The second-order valence-corrected chi connectivity index (χ2v) is 2.68. The third-order valence-corrected chi connectivity index (χ3v) is 1.50. The number of ketones is 1. The van der Waals surface area contributed by atoms with Crippen LogP contribution in [0.1, 0.15) is 12.8 Å². The van der Waals surface area contributed by atoms with Crippen molar-refractivity contribution in [3.05, 3.63) is 0 Å². The lowest BCUT2D eigenvalue weighted by Crippen LogP contribution is -2.12. The highest BCUT2D eigenvalue weighted by molar-refractivity contribution is 5.79. The van der Waals surface area contributed by atoms with Crippen LogP contribution in [0.3, 0.4) is 0 Å². The fourth-order valence-electron chi connectivity index (χ4n) is 0.814. The van der Waals surface area contributed by atoms with Gasteiger partial charge >= 0.3 is 0 Å². The van der Waals surface area contributed by atoms with E-state index in [1.807, 2.05) is 0 Å². The van der Waals surface area contributed by atoms with Crippen LogP contribution in [0.25, 0.3) is 0 Å². The van der Waals surface area contributed by atoms with E-state index in [0.29, 0.717) is 26.2 Å². The molecule has 0 aliphatic carbocycles. The van der Waals surface area contributed by atoms with Gasteiger partial charge in [0.05, 0.1) is 13.2 Å². The summed E-state index contributed by atoms with van der Waals surface area (Å²) in [4.78, 5) is 11.1. The second-order valence-electron chi connectivity index (χ2n) is 2.68. The Morgan fingerprint density at radius 1 is 1.08 bits per heavy atom. The van der Waals surface area contributed by atoms with Gasteiger partial charge in [0.15, 0.2) is 5.78 Å². The summed E-state index contributed by atoms with van der Waals surface area (Å²) in [6.07, 6.45) is 1.30. The predicted molar refractivity (Wildman–Crippen MR) is 48.8 cm³/mol. The maximum Gasteiger partial charge on any atom is 0.158 e. The summed E-state index contributed by atoms with van der Waals surface area (Å²) < 4.78 is 14.6. The Morgan fingerprint density at radius 2 is 1.77 bits per heavy atom. The van der Waals surface area contributed by atoms with Gasteiger partial charge < -0.3 is 14.2 Å². The first-order chi connectivity index (χ1) is 6.31. The minimum absolute atomic E-state index is 0.119. The molecule has 0 aliphatic heterocycles. The van der Waals surface area contributed by atoms with Crippen molar-refractivity contribution in [2.24, 2.45) is 0 Å². The van der Waals surface area contributed by atoms with Crippen molar-refractivity contribution in [3.63, 3.8) is 0 Å². The summed E-state index contributed by atoms with van der Waals surface area (Å²) in [5.41, 5.74) is 0. The standard InChI is InChI=1S/C9H18O4/c1-11-5-3-4-9(10)8-13-7-6-12-2/h3-8H2,1-2H3. The van der Waals surface area contributed by atoms with Gasteiger partial charge in [-0.3, -0.25) is 4.79 Å². The lowest BCUT2D eigenvalue weighted by atomic mass is 10.2. The normalized spacial score (nSPS) is 10.3. The molecule has 0 spiro atoms. The van der Waals surface area contributed by atoms with Crippen LogP contribution in [0.4, 0.5) is 0 Å². The molecule has 78 valence electrons. The average Bonchev–Trinajstić information content (AvgIpc) is 2.13. The Balaban J connectivity index is 3.11. The third kappa shape index (κ3) is 9.46. The van der Waals surface area contributed by atoms with E-state index < -0.39 is 0 Å². The molecule has 0 bridgehead atoms. The van der Waals surface area contributed by atoms with Crippen molar-refractivity contribution in [1.29, 1.82) is 0 Å². The molecule has 13 heavy (non-hydrogen) atoms. The van der Waals surface area contributed by atoms with Crippen molar-refractivity contribution in [1.82, 2.24) is 0 Å². The van der Waals surface area contributed by atoms with Gasteiger partial charge in [-0.1, -0.05) is 0 Å². The average molecular weight is 190 g/mol. The molecule has 0 radical (unpaired) electrons. The highest BCUT2D eigenvalue weighted by Crippen LogP contribution is 1.92. The van der Waals surface area contributed by atoms with E-state index in [9.17, 15) is 4.79 Å². The monoisotopic (exact) mass is 190 g/mol. The minimum Gasteiger partial charge on any atom is -0.385 e. The first kappa shape index (κ1) is 12.6. The Labute approximate surface area is 79.2 Å². The van der Waals surface area contributed by atoms with Crippen LogP contribution >= 0.6 is 0 Å². The van der Waals surface area contributed by atoms with E-state index >= 15 is 0 Å². The van der Waals surface area contributed by atoms with Gasteiger partial charge in [0, 0.05) is 27.2 Å². The van der Waals surface area contributed by atoms with Gasteiger partial charge in [0.25, 0.3) is 0 Å². The molecule has 0 atom stereocenters. The van der Waals surface area contributed by atoms with Crippen molar-refractivity contribution >= 4 is 5.78 Å². The fourth-order valence-corrected chi connectivity index (χ4v) is 0.814. The highest BCUT2D eigenvalue weighted by atomic mass is 16.5. The van der Waals surface area contributed by atoms with Crippen LogP contribution in [-0.4, -0.2) is 46.4 Å². The summed E-state index contributed by atoms with van der Waals surface area (Å²) in [5.74, 6) is 0.119. The predicted octanol–water partition coefficient (Wildman–Crippen LogP) is 0.645. The molecule has 0 rings (SSSR count). The molecule has 0 N–H and O–H groups in total. The largest absolute Gasteiger partial charge is 0.385 e. The molecule has 0 aromatic heterocycles. The van der Waals surface area contributed by atoms with Crippen molar-refractivity contribution < 1.29 is 19.0 Å². The fraction of sp³-hybridized carbons (Fsp3) is 0.889. The molecule has 0 aromatic rings. The Bertz CT molecular complexity index is 125. The zero-order valence-corrected chi connectivity index (χ0v) is 8.38. The lowest BCUT2D eigenvalue weighted by molar-refractivity contribution is -0.124. The highest BCUT2D eigenvalue weighted by Gasteiger charge is 2.00. The summed E-state index contributed by atoms with van der Waals surface area (Å²) in [6.45, 7) is 1.83. The van der Waals surface area contributed by atoms with Crippen LogP contribution < -0.4 is 0 Å². The molecule has 0 heterocycles. The van der Waals surface area contributed by atoms with Gasteiger partial charge in [0.1, 0.15) is 6.61 Å². The van der Waals surface area contributed by atoms with E-state index in [1.54, 1.807) is 14.2 Å². The number of hydrogen-bond acceptors (Lipinski definition) is 4. The molecule has 4 nitrogen and oxygen atoms in total. The SMILES string of the molecule is COCCCC(=O)COCCOC. The molecule has 0 saturated carbocycles. The minimum atomic E-state index is 0.119. The number of carbonyl (C=O) groups excluding carboxylic acids is 1. The van der Waals surface area contributed by atoms with E-state index in [4.69, 9.17) is 14.2 Å². The van der Waals surface area contributed by atoms with Crippen LogP contribution in [0.5, 0.6) is 0 Å². The van der Waals surface area contributed by atoms with Gasteiger partial charge in [-0.15, -0.1) is 0 Å². The number of hydrogen-bond donors (Lipinski definition) is 0. The quantitative estimate of drug-likeness (QED) is 0.501. The lowest BCUT2D eigenvalue weighted by Gasteiger charge is -2.02. The molecule has 0 saturated heterocycles. The maximum absolute atomic E-state index is 11.1. The maximum atomic E-state index is 11.1. The van der Waals surface area contributed by atoms with E-state index in [1.165, 1.54) is 0 Å². The third-order valence-electron chi connectivity index (χ3n) is 1.50. The molecule has 0 aromatic carbocycles. The van der Waals surface area contributed by atoms with E-state index in [2.05, 4.69) is 0 Å². The van der Waals surface area contributed by atoms with Crippen molar-refractivity contribution in [3.8, 4) is 0 Å². The van der Waals surface area contributed by atoms with E-state index in [0.717, 1.165) is 6.42 Å². The second kappa shape index (κ2) is 9.64. The van der Waals surface area contributed by atoms with Gasteiger partial charge in [-0.05, 0) is 6.42 Å². The summed E-state index contributed by atoms with van der Waals surface area (Å²) in [7, 11) is 3.23. The molecule has 0 unspecified atom stereocenters. The number of rotatable bonds is 9. The van der Waals surface area contributed by atoms with Crippen molar-refractivity contribution in [2.75, 3.05) is 40.6 Å². The number of Topliss-reactive ketones (excluding diaryl/α,β-unsaturated/α-hetero) is 1. The molecule has 0 aliphatic rings. The first-order valence-electron chi connectivity index (χ1n) is 4.38. The summed E-state index contributed by atoms with van der Waals surface area (Å²) >= 11 is 0. The Morgan fingerprint density at radius 3 is 2.38 bits per heavy atom. The van der Waals surface area contributed by atoms with Gasteiger partial charge in [-0.25, -0.2) is 0 Å². The molecular weight excluding hydrogens is 172 g/mol. The molecule has 4 heteroatoms. The molecule has 0 amide bonds. The zero-order chi connectivity index (χ0) is 9.94. The zero-order valence-electron chi connectivity index (χ0n) is 8.38. The smallest absolute Gasteiger partial charge is 0.158 e. The number of carbonyl (C=O) groups is 1. The Kier molecular flexibility index (Phi) is 9.30. The molecule has 0 fully saturated rings. The van der Waals surface area contributed by atoms with Crippen LogP contribution in [0, 0.1) is 0 Å². The van der Waals surface area contributed by atoms with Gasteiger partial charge in [0.2, 0.25) is 0 Å². The Hall–Kier alpha value is -0.450. The van der Waals surface area contributed by atoms with Gasteiger partial charge in [-0.2, -0.15) is 0 Å².